The number of hydrazine groups is 1. The Morgan fingerprint density at radius 1 is 1.62 bits per heavy atom. The van der Waals surface area contributed by atoms with Crippen molar-refractivity contribution in [3.8, 4) is 0 Å². The summed E-state index contributed by atoms with van der Waals surface area (Å²) in [4.78, 5) is 24.7. The van der Waals surface area contributed by atoms with Crippen molar-refractivity contribution in [3.05, 3.63) is 10.1 Å². The van der Waals surface area contributed by atoms with Gasteiger partial charge in [0.15, 0.2) is 16.5 Å². The fourth-order valence-electron chi connectivity index (χ4n) is 1.05. The molecule has 0 heterocycles. The molecule has 0 amide bonds. The van der Waals surface area contributed by atoms with E-state index in [1.54, 1.807) is 5.43 Å². The molecule has 0 bridgehead atoms. The third kappa shape index (κ3) is 4.98. The van der Waals surface area contributed by atoms with Gasteiger partial charge in [-0.15, -0.1) is 5.43 Å². The lowest BCUT2D eigenvalue weighted by Gasteiger charge is -2.20. The summed E-state index contributed by atoms with van der Waals surface area (Å²) >= 11 is 0. The van der Waals surface area contributed by atoms with Gasteiger partial charge in [0, 0.05) is 6.54 Å². The first-order valence-corrected chi connectivity index (χ1v) is 4.49. The highest BCUT2D eigenvalue weighted by molar-refractivity contribution is 5.78. The molecular formula is C7H15N5O4. The van der Waals surface area contributed by atoms with Gasteiger partial charge in [-0.2, -0.15) is 0 Å². The third-order valence-corrected chi connectivity index (χ3v) is 1.94. The Morgan fingerprint density at radius 3 is 2.56 bits per heavy atom. The number of aliphatic carboxylic acids is 1. The normalized spacial score (nSPS) is 13.6. The lowest BCUT2D eigenvalue weighted by molar-refractivity contribution is -0.556. The van der Waals surface area contributed by atoms with Crippen LogP contribution in [0.25, 0.3) is 0 Å². The first-order chi connectivity index (χ1) is 7.28. The number of carboxylic acid groups (broad SMARTS) is 1. The first kappa shape index (κ1) is 13.9. The number of hydrogen-bond donors (Lipinski definition) is 4. The zero-order valence-electron chi connectivity index (χ0n) is 8.84. The maximum absolute atomic E-state index is 10.8. The van der Waals surface area contributed by atoms with E-state index in [2.05, 4.69) is 4.99 Å². The molecule has 1 atom stereocenters. The van der Waals surface area contributed by atoms with E-state index in [0.717, 1.165) is 0 Å². The fourth-order valence-corrected chi connectivity index (χ4v) is 1.05. The summed E-state index contributed by atoms with van der Waals surface area (Å²) in [6.45, 7) is 1.46. The van der Waals surface area contributed by atoms with Crippen LogP contribution < -0.4 is 16.9 Å². The van der Waals surface area contributed by atoms with Gasteiger partial charge in [-0.3, -0.25) is 4.99 Å². The monoisotopic (exact) mass is 233 g/mol. The molecule has 0 aromatic rings. The summed E-state index contributed by atoms with van der Waals surface area (Å²) in [6, 6.07) is 0. The standard InChI is InChI=1S/C7H15N5O4/c1-7(5(13)14,11-12(15)16)3-2-4-10-6(8)9/h11H,2-4H2,1H3,(H,13,14)(H4,8,9,10)/t7-/m0/s1. The van der Waals surface area contributed by atoms with Crippen molar-refractivity contribution in [2.75, 3.05) is 6.54 Å². The van der Waals surface area contributed by atoms with Crippen LogP contribution in [-0.4, -0.2) is 34.2 Å². The van der Waals surface area contributed by atoms with Crippen LogP contribution in [0, 0.1) is 10.1 Å². The van der Waals surface area contributed by atoms with Gasteiger partial charge >= 0.3 is 5.97 Å². The predicted octanol–water partition coefficient (Wildman–Crippen LogP) is -1.34. The Kier molecular flexibility index (Phi) is 4.99. The third-order valence-electron chi connectivity index (χ3n) is 1.94. The molecule has 0 saturated carbocycles. The minimum atomic E-state index is -1.62. The SMILES string of the molecule is C[C@@](CCCN=C(N)N)(N[N+](=O)[O-])C(=O)O. The Hall–Kier alpha value is -2.06. The van der Waals surface area contributed by atoms with Gasteiger partial charge < -0.3 is 16.6 Å². The minimum absolute atomic E-state index is 0.0418. The number of carboxylic acids is 1. The Labute approximate surface area is 91.6 Å². The number of nitro groups is 1. The van der Waals surface area contributed by atoms with Gasteiger partial charge in [0.05, 0.1) is 0 Å². The fraction of sp³-hybridized carbons (Fsp3) is 0.714. The van der Waals surface area contributed by atoms with Crippen LogP contribution in [0.15, 0.2) is 4.99 Å². The predicted molar refractivity (Wildman–Crippen MR) is 56.1 cm³/mol. The van der Waals surface area contributed by atoms with E-state index in [4.69, 9.17) is 16.6 Å². The average Bonchev–Trinajstić information content (AvgIpc) is 2.10. The first-order valence-electron chi connectivity index (χ1n) is 4.49. The van der Waals surface area contributed by atoms with Crippen LogP contribution in [0.2, 0.25) is 0 Å². The molecule has 0 aromatic carbocycles. The highest BCUT2D eigenvalue weighted by Gasteiger charge is 2.37. The van der Waals surface area contributed by atoms with E-state index < -0.39 is 16.5 Å². The maximum atomic E-state index is 10.8. The second-order valence-electron chi connectivity index (χ2n) is 3.42. The summed E-state index contributed by atoms with van der Waals surface area (Å²) in [7, 11) is 0. The quantitative estimate of drug-likeness (QED) is 0.139. The van der Waals surface area contributed by atoms with Crippen LogP contribution in [0.3, 0.4) is 0 Å². The molecule has 0 saturated heterocycles. The number of guanidine groups is 1. The summed E-state index contributed by atoms with van der Waals surface area (Å²) in [5, 5.41) is 18.2. The minimum Gasteiger partial charge on any atom is -0.479 e. The van der Waals surface area contributed by atoms with Crippen LogP contribution in [0.1, 0.15) is 19.8 Å². The molecule has 0 spiro atoms. The van der Waals surface area contributed by atoms with Crippen molar-refractivity contribution in [3.63, 3.8) is 0 Å². The number of carbonyl (C=O) groups is 1. The van der Waals surface area contributed by atoms with E-state index in [1.165, 1.54) is 6.92 Å². The molecule has 0 fully saturated rings. The number of aliphatic imine (C=N–C) groups is 1. The molecule has 0 radical (unpaired) electrons. The van der Waals surface area contributed by atoms with Crippen LogP contribution >= 0.6 is 0 Å². The zero-order chi connectivity index (χ0) is 12.8. The zero-order valence-corrected chi connectivity index (χ0v) is 8.84. The summed E-state index contributed by atoms with van der Waals surface area (Å²) < 4.78 is 0. The Morgan fingerprint density at radius 2 is 2.19 bits per heavy atom. The molecule has 9 heteroatoms. The van der Waals surface area contributed by atoms with E-state index in [9.17, 15) is 14.9 Å². The van der Waals surface area contributed by atoms with Crippen molar-refractivity contribution < 1.29 is 14.9 Å². The molecule has 0 aliphatic rings. The summed E-state index contributed by atoms with van der Waals surface area (Å²) in [6.07, 6.45) is 0.363. The number of nitrogens with zero attached hydrogens (tertiary/aromatic N) is 2. The van der Waals surface area contributed by atoms with Crippen molar-refractivity contribution in [1.82, 2.24) is 5.43 Å². The number of nitrogens with two attached hydrogens (primary N) is 2. The molecule has 0 aromatic heterocycles. The smallest absolute Gasteiger partial charge is 0.334 e. The van der Waals surface area contributed by atoms with E-state index in [1.807, 2.05) is 0 Å². The molecule has 16 heavy (non-hydrogen) atoms. The summed E-state index contributed by atoms with van der Waals surface area (Å²) in [5.74, 6) is -1.40. The lowest BCUT2D eigenvalue weighted by Crippen LogP contribution is -2.52. The topological polar surface area (TPSA) is 157 Å². The molecule has 9 nitrogen and oxygen atoms in total. The molecule has 0 rings (SSSR count). The van der Waals surface area contributed by atoms with Gasteiger partial charge in [0.25, 0.3) is 0 Å². The van der Waals surface area contributed by atoms with Crippen LogP contribution in [0.4, 0.5) is 0 Å². The lowest BCUT2D eigenvalue weighted by atomic mass is 9.97. The Balaban J connectivity index is 4.29. The van der Waals surface area contributed by atoms with E-state index in [-0.39, 0.29) is 18.9 Å². The maximum Gasteiger partial charge on any atom is 0.334 e. The van der Waals surface area contributed by atoms with E-state index in [0.29, 0.717) is 6.42 Å². The van der Waals surface area contributed by atoms with Crippen molar-refractivity contribution in [2.45, 2.75) is 25.3 Å². The number of rotatable bonds is 7. The number of nitrogens with one attached hydrogen (secondary N) is 1. The van der Waals surface area contributed by atoms with Crippen molar-refractivity contribution in [1.29, 1.82) is 0 Å². The molecule has 92 valence electrons. The molecule has 6 N–H and O–H groups in total. The molecule has 0 aliphatic heterocycles. The largest absolute Gasteiger partial charge is 0.479 e. The van der Waals surface area contributed by atoms with Gasteiger partial charge in [-0.1, -0.05) is 0 Å². The second-order valence-corrected chi connectivity index (χ2v) is 3.42. The van der Waals surface area contributed by atoms with Gasteiger partial charge in [-0.05, 0) is 19.8 Å². The van der Waals surface area contributed by atoms with Crippen LogP contribution in [0.5, 0.6) is 0 Å². The highest BCUT2D eigenvalue weighted by Crippen LogP contribution is 2.12. The summed E-state index contributed by atoms with van der Waals surface area (Å²) in [5.41, 5.74) is 10.3. The van der Waals surface area contributed by atoms with Crippen molar-refractivity contribution >= 4 is 11.9 Å². The Bertz CT molecular complexity index is 301. The van der Waals surface area contributed by atoms with Gasteiger partial charge in [0.2, 0.25) is 0 Å². The number of hydrogen-bond acceptors (Lipinski definition) is 4. The van der Waals surface area contributed by atoms with Gasteiger partial charge in [-0.25, -0.2) is 14.9 Å². The van der Waals surface area contributed by atoms with Crippen LogP contribution in [-0.2, 0) is 4.79 Å². The van der Waals surface area contributed by atoms with E-state index >= 15 is 0 Å². The molecular weight excluding hydrogens is 218 g/mol. The van der Waals surface area contributed by atoms with Gasteiger partial charge in [0.1, 0.15) is 0 Å². The molecule has 0 unspecified atom stereocenters. The molecule has 0 aliphatic carbocycles. The second kappa shape index (κ2) is 5.73. The highest BCUT2D eigenvalue weighted by atomic mass is 16.7. The average molecular weight is 233 g/mol. The van der Waals surface area contributed by atoms with Crippen molar-refractivity contribution in [2.24, 2.45) is 16.5 Å².